The second-order valence-electron chi connectivity index (χ2n) is 5.34. The number of nitrogens with zero attached hydrogens (tertiary/aromatic N) is 2. The Morgan fingerprint density at radius 1 is 1.16 bits per heavy atom. The van der Waals surface area contributed by atoms with Crippen LogP contribution in [0.25, 0.3) is 10.9 Å². The second-order valence-corrected chi connectivity index (χ2v) is 5.34. The largest absolute Gasteiger partial charge is 0.387 e. The molecule has 3 rings (SSSR count). The Kier molecular flexibility index (Phi) is 3.05. The zero-order chi connectivity index (χ0) is 13.4. The van der Waals surface area contributed by atoms with Crippen LogP contribution in [0.15, 0.2) is 18.2 Å². The van der Waals surface area contributed by atoms with Gasteiger partial charge in [0.1, 0.15) is 0 Å². The number of hydrogen-bond donors (Lipinski definition) is 1. The molecule has 0 spiro atoms. The van der Waals surface area contributed by atoms with Gasteiger partial charge in [0.05, 0.1) is 5.52 Å². The van der Waals surface area contributed by atoms with E-state index in [0.29, 0.717) is 0 Å². The van der Waals surface area contributed by atoms with Gasteiger partial charge in [-0.2, -0.15) is 0 Å². The monoisotopic (exact) mass is 255 g/mol. The molecule has 1 N–H and O–H groups in total. The summed E-state index contributed by atoms with van der Waals surface area (Å²) < 4.78 is 0. The Labute approximate surface area is 114 Å². The fourth-order valence-corrected chi connectivity index (χ4v) is 2.96. The molecule has 2 heterocycles. The minimum atomic E-state index is 1.08. The maximum atomic E-state index is 4.69. The highest BCUT2D eigenvalue weighted by Crippen LogP contribution is 2.31. The van der Waals surface area contributed by atoms with Crippen molar-refractivity contribution in [2.45, 2.75) is 26.7 Å². The first kappa shape index (κ1) is 12.3. The predicted octanol–water partition coefficient (Wildman–Crippen LogP) is 3.49. The normalized spacial score (nSPS) is 15.2. The first-order valence-corrected chi connectivity index (χ1v) is 7.04. The molecular weight excluding hydrogens is 234 g/mol. The number of fused-ring (bicyclic) bond motifs is 1. The molecule has 0 bridgehead atoms. The lowest BCUT2D eigenvalue weighted by Gasteiger charge is -2.19. The molecule has 0 atom stereocenters. The van der Waals surface area contributed by atoms with E-state index in [-0.39, 0.29) is 0 Å². The topological polar surface area (TPSA) is 28.2 Å². The van der Waals surface area contributed by atoms with Crippen LogP contribution in [0, 0.1) is 13.8 Å². The van der Waals surface area contributed by atoms with Gasteiger partial charge in [-0.25, -0.2) is 0 Å². The van der Waals surface area contributed by atoms with E-state index < -0.39 is 0 Å². The van der Waals surface area contributed by atoms with Crippen molar-refractivity contribution in [1.82, 2.24) is 4.98 Å². The van der Waals surface area contributed by atoms with Crippen LogP contribution in [0.2, 0.25) is 0 Å². The Morgan fingerprint density at radius 2 is 1.89 bits per heavy atom. The first-order chi connectivity index (χ1) is 9.20. The lowest BCUT2D eigenvalue weighted by molar-refractivity contribution is 0.949. The zero-order valence-electron chi connectivity index (χ0n) is 12.0. The lowest BCUT2D eigenvalue weighted by atomic mass is 10.1. The first-order valence-electron chi connectivity index (χ1n) is 7.04. The summed E-state index contributed by atoms with van der Waals surface area (Å²) in [5.41, 5.74) is 5.96. The van der Waals surface area contributed by atoms with Gasteiger partial charge < -0.3 is 10.2 Å². The predicted molar refractivity (Wildman–Crippen MR) is 82.2 cm³/mol. The zero-order valence-corrected chi connectivity index (χ0v) is 12.0. The minimum absolute atomic E-state index is 1.08. The van der Waals surface area contributed by atoms with Gasteiger partial charge in [-0.05, 0) is 50.5 Å². The molecule has 2 aromatic rings. The smallest absolute Gasteiger partial charge is 0.0727 e. The molecule has 1 saturated heterocycles. The van der Waals surface area contributed by atoms with E-state index in [1.807, 2.05) is 7.05 Å². The van der Waals surface area contributed by atoms with Crippen molar-refractivity contribution in [3.63, 3.8) is 0 Å². The molecule has 0 aliphatic carbocycles. The van der Waals surface area contributed by atoms with Crippen LogP contribution in [0.1, 0.15) is 24.1 Å². The molecule has 0 radical (unpaired) electrons. The number of pyridine rings is 1. The number of benzene rings is 1. The second kappa shape index (κ2) is 4.72. The summed E-state index contributed by atoms with van der Waals surface area (Å²) in [5, 5.41) is 4.57. The van der Waals surface area contributed by atoms with Gasteiger partial charge >= 0.3 is 0 Å². The molecule has 1 aromatic heterocycles. The number of aryl methyl sites for hydroxylation is 1. The number of rotatable bonds is 2. The number of aromatic nitrogens is 1. The molecule has 1 aliphatic heterocycles. The summed E-state index contributed by atoms with van der Waals surface area (Å²) in [6.07, 6.45) is 2.62. The van der Waals surface area contributed by atoms with Crippen molar-refractivity contribution in [2.75, 3.05) is 30.4 Å². The summed E-state index contributed by atoms with van der Waals surface area (Å²) in [7, 11) is 1.99. The molecule has 100 valence electrons. The van der Waals surface area contributed by atoms with Gasteiger partial charge in [0.25, 0.3) is 0 Å². The molecule has 3 nitrogen and oxygen atoms in total. The van der Waals surface area contributed by atoms with Gasteiger partial charge in [0.2, 0.25) is 0 Å². The molecule has 19 heavy (non-hydrogen) atoms. The highest BCUT2D eigenvalue weighted by atomic mass is 15.1. The summed E-state index contributed by atoms with van der Waals surface area (Å²) in [6.45, 7) is 6.57. The van der Waals surface area contributed by atoms with Crippen molar-refractivity contribution in [2.24, 2.45) is 0 Å². The van der Waals surface area contributed by atoms with Crippen molar-refractivity contribution >= 4 is 22.3 Å². The van der Waals surface area contributed by atoms with Gasteiger partial charge in [0.15, 0.2) is 0 Å². The van der Waals surface area contributed by atoms with E-state index in [1.54, 1.807) is 0 Å². The van der Waals surface area contributed by atoms with Gasteiger partial charge in [-0.15, -0.1) is 0 Å². The Bertz CT molecular complexity index is 613. The molecule has 1 aromatic carbocycles. The van der Waals surface area contributed by atoms with Crippen LogP contribution in [0.5, 0.6) is 0 Å². The van der Waals surface area contributed by atoms with E-state index in [0.717, 1.165) is 11.2 Å². The van der Waals surface area contributed by atoms with E-state index in [1.165, 1.54) is 48.3 Å². The van der Waals surface area contributed by atoms with Gasteiger partial charge in [-0.1, -0.05) is 0 Å². The minimum Gasteiger partial charge on any atom is -0.387 e. The molecule has 0 saturated carbocycles. The van der Waals surface area contributed by atoms with E-state index >= 15 is 0 Å². The third kappa shape index (κ3) is 2.03. The average Bonchev–Trinajstić information content (AvgIpc) is 2.94. The summed E-state index contributed by atoms with van der Waals surface area (Å²) in [6, 6.07) is 6.64. The van der Waals surface area contributed by atoms with Crippen molar-refractivity contribution in [3.8, 4) is 0 Å². The van der Waals surface area contributed by atoms with E-state index in [9.17, 15) is 0 Å². The Morgan fingerprint density at radius 3 is 2.58 bits per heavy atom. The van der Waals surface area contributed by atoms with E-state index in [4.69, 9.17) is 4.98 Å². The molecule has 1 fully saturated rings. The molecule has 3 heteroatoms. The fourth-order valence-electron chi connectivity index (χ4n) is 2.96. The SMILES string of the molecule is CNc1c(C)c(C)nc2ccc(N3CCCC3)cc12. The summed E-state index contributed by atoms with van der Waals surface area (Å²) in [5.74, 6) is 0. The molecule has 0 unspecified atom stereocenters. The van der Waals surface area contributed by atoms with Crippen LogP contribution >= 0.6 is 0 Å². The van der Waals surface area contributed by atoms with Crippen LogP contribution in [0.4, 0.5) is 11.4 Å². The maximum absolute atomic E-state index is 4.69. The quantitative estimate of drug-likeness (QED) is 0.890. The van der Waals surface area contributed by atoms with Crippen molar-refractivity contribution < 1.29 is 0 Å². The van der Waals surface area contributed by atoms with Crippen LogP contribution in [-0.2, 0) is 0 Å². The summed E-state index contributed by atoms with van der Waals surface area (Å²) in [4.78, 5) is 7.16. The molecule has 0 amide bonds. The van der Waals surface area contributed by atoms with Crippen LogP contribution in [0.3, 0.4) is 0 Å². The Balaban J connectivity index is 2.18. The standard InChI is InChI=1S/C16H21N3/c1-11-12(2)18-15-7-6-13(19-8-4-5-9-19)10-14(15)16(11)17-3/h6-7,10H,4-5,8-9H2,1-3H3,(H,17,18). The Hall–Kier alpha value is -1.77. The lowest BCUT2D eigenvalue weighted by Crippen LogP contribution is -2.17. The maximum Gasteiger partial charge on any atom is 0.0727 e. The van der Waals surface area contributed by atoms with Gasteiger partial charge in [-0.3, -0.25) is 4.98 Å². The third-order valence-electron chi connectivity index (χ3n) is 4.18. The van der Waals surface area contributed by atoms with Gasteiger partial charge in [0, 0.05) is 42.6 Å². The number of hydrogen-bond acceptors (Lipinski definition) is 3. The highest BCUT2D eigenvalue weighted by molar-refractivity contribution is 5.95. The summed E-state index contributed by atoms with van der Waals surface area (Å²) >= 11 is 0. The fraction of sp³-hybridized carbons (Fsp3) is 0.438. The van der Waals surface area contributed by atoms with Crippen molar-refractivity contribution in [3.05, 3.63) is 29.5 Å². The van der Waals surface area contributed by atoms with Crippen LogP contribution < -0.4 is 10.2 Å². The average molecular weight is 255 g/mol. The highest BCUT2D eigenvalue weighted by Gasteiger charge is 2.14. The number of nitrogens with one attached hydrogen (secondary N) is 1. The van der Waals surface area contributed by atoms with Crippen LogP contribution in [-0.4, -0.2) is 25.1 Å². The van der Waals surface area contributed by atoms with E-state index in [2.05, 4.69) is 42.3 Å². The number of anilines is 2. The third-order valence-corrected chi connectivity index (χ3v) is 4.18. The molecular formula is C16H21N3. The van der Waals surface area contributed by atoms with Crippen molar-refractivity contribution in [1.29, 1.82) is 0 Å². The molecule has 1 aliphatic rings.